The summed E-state index contributed by atoms with van der Waals surface area (Å²) in [6.45, 7) is 3.07. The van der Waals surface area contributed by atoms with Crippen LogP contribution in [-0.2, 0) is 6.54 Å². The molecule has 0 aromatic carbocycles. The third kappa shape index (κ3) is 1.98. The zero-order chi connectivity index (χ0) is 9.97. The minimum atomic E-state index is 0.402. The number of hydrogen-bond acceptors (Lipinski definition) is 2. The van der Waals surface area contributed by atoms with Gasteiger partial charge in [0.2, 0.25) is 0 Å². The van der Waals surface area contributed by atoms with Crippen LogP contribution in [0.3, 0.4) is 0 Å². The molecule has 1 fully saturated rings. The van der Waals surface area contributed by atoms with E-state index in [2.05, 4.69) is 18.2 Å². The number of nitrogens with zero attached hydrogens (tertiary/aromatic N) is 2. The van der Waals surface area contributed by atoms with Crippen molar-refractivity contribution in [2.24, 2.45) is 5.73 Å². The van der Waals surface area contributed by atoms with Gasteiger partial charge < -0.3 is 5.73 Å². The zero-order valence-electron chi connectivity index (χ0n) is 8.82. The predicted octanol–water partition coefficient (Wildman–Crippen LogP) is 1.89. The highest BCUT2D eigenvalue weighted by molar-refractivity contribution is 5.12. The second-order valence-corrected chi connectivity index (χ2v) is 4.25. The number of aryl methyl sites for hydroxylation is 1. The van der Waals surface area contributed by atoms with E-state index in [1.54, 1.807) is 0 Å². The van der Waals surface area contributed by atoms with Gasteiger partial charge in [0.05, 0.1) is 6.20 Å². The lowest BCUT2D eigenvalue weighted by Crippen LogP contribution is -2.26. The van der Waals surface area contributed by atoms with E-state index in [-0.39, 0.29) is 0 Å². The standard InChI is InChI=1S/C11H19N3/c1-2-14-8-10(7-13-14)9-4-3-5-11(12)6-9/h7-9,11H,2-6,12H2,1H3. The fourth-order valence-electron chi connectivity index (χ4n) is 2.29. The third-order valence-corrected chi connectivity index (χ3v) is 3.16. The molecule has 0 bridgehead atoms. The van der Waals surface area contributed by atoms with Gasteiger partial charge in [-0.05, 0) is 37.7 Å². The highest BCUT2D eigenvalue weighted by Gasteiger charge is 2.21. The van der Waals surface area contributed by atoms with E-state index >= 15 is 0 Å². The maximum atomic E-state index is 5.97. The summed E-state index contributed by atoms with van der Waals surface area (Å²) < 4.78 is 2.00. The minimum Gasteiger partial charge on any atom is -0.328 e. The lowest BCUT2D eigenvalue weighted by atomic mass is 9.83. The average molecular weight is 193 g/mol. The molecule has 1 heterocycles. The first-order valence-electron chi connectivity index (χ1n) is 5.57. The summed E-state index contributed by atoms with van der Waals surface area (Å²) in [4.78, 5) is 0. The van der Waals surface area contributed by atoms with Crippen molar-refractivity contribution in [2.45, 2.75) is 51.1 Å². The molecule has 2 atom stereocenters. The lowest BCUT2D eigenvalue weighted by Gasteiger charge is -2.25. The normalized spacial score (nSPS) is 27.9. The molecule has 1 aliphatic rings. The Balaban J connectivity index is 2.06. The Bertz CT molecular complexity index is 292. The summed E-state index contributed by atoms with van der Waals surface area (Å²) in [5.41, 5.74) is 7.35. The van der Waals surface area contributed by atoms with Crippen LogP contribution in [-0.4, -0.2) is 15.8 Å². The molecule has 2 rings (SSSR count). The highest BCUT2D eigenvalue weighted by Crippen LogP contribution is 2.31. The van der Waals surface area contributed by atoms with Gasteiger partial charge in [-0.2, -0.15) is 5.10 Å². The average Bonchev–Trinajstić information content (AvgIpc) is 2.66. The summed E-state index contributed by atoms with van der Waals surface area (Å²) in [5.74, 6) is 0.652. The second-order valence-electron chi connectivity index (χ2n) is 4.25. The zero-order valence-corrected chi connectivity index (χ0v) is 8.82. The van der Waals surface area contributed by atoms with Crippen LogP contribution in [0.4, 0.5) is 0 Å². The first-order valence-corrected chi connectivity index (χ1v) is 5.57. The summed E-state index contributed by atoms with van der Waals surface area (Å²) in [5, 5.41) is 4.31. The molecular weight excluding hydrogens is 174 g/mol. The molecule has 1 aliphatic carbocycles. The smallest absolute Gasteiger partial charge is 0.0524 e. The Hall–Kier alpha value is -0.830. The van der Waals surface area contributed by atoms with Crippen LogP contribution in [0.5, 0.6) is 0 Å². The molecule has 2 N–H and O–H groups in total. The van der Waals surface area contributed by atoms with E-state index in [4.69, 9.17) is 5.73 Å². The van der Waals surface area contributed by atoms with E-state index < -0.39 is 0 Å². The van der Waals surface area contributed by atoms with E-state index in [0.717, 1.165) is 13.0 Å². The molecule has 1 saturated carbocycles. The van der Waals surface area contributed by atoms with Gasteiger partial charge in [0.15, 0.2) is 0 Å². The molecule has 1 aromatic heterocycles. The maximum absolute atomic E-state index is 5.97. The van der Waals surface area contributed by atoms with Crippen LogP contribution in [0.2, 0.25) is 0 Å². The van der Waals surface area contributed by atoms with Crippen LogP contribution < -0.4 is 5.73 Å². The summed E-state index contributed by atoms with van der Waals surface area (Å²) >= 11 is 0. The second kappa shape index (κ2) is 4.13. The molecule has 0 aliphatic heterocycles. The van der Waals surface area contributed by atoms with Crippen molar-refractivity contribution in [1.29, 1.82) is 0 Å². The molecular formula is C11H19N3. The van der Waals surface area contributed by atoms with Gasteiger partial charge in [-0.1, -0.05) is 6.42 Å². The molecule has 2 unspecified atom stereocenters. The molecule has 78 valence electrons. The van der Waals surface area contributed by atoms with Gasteiger partial charge in [-0.15, -0.1) is 0 Å². The van der Waals surface area contributed by atoms with Crippen molar-refractivity contribution in [1.82, 2.24) is 9.78 Å². The van der Waals surface area contributed by atoms with Crippen LogP contribution in [0.1, 0.15) is 44.1 Å². The Morgan fingerprint density at radius 1 is 1.57 bits per heavy atom. The SMILES string of the molecule is CCn1cc(C2CCCC(N)C2)cn1. The Kier molecular flexibility index (Phi) is 2.87. The molecule has 0 amide bonds. The van der Waals surface area contributed by atoms with Gasteiger partial charge in [0.25, 0.3) is 0 Å². The van der Waals surface area contributed by atoms with Gasteiger partial charge in [-0.25, -0.2) is 0 Å². The van der Waals surface area contributed by atoms with Gasteiger partial charge >= 0.3 is 0 Å². The molecule has 0 radical (unpaired) electrons. The maximum Gasteiger partial charge on any atom is 0.0524 e. The van der Waals surface area contributed by atoms with Gasteiger partial charge in [0, 0.05) is 18.8 Å². The van der Waals surface area contributed by atoms with E-state index in [0.29, 0.717) is 12.0 Å². The lowest BCUT2D eigenvalue weighted by molar-refractivity contribution is 0.393. The van der Waals surface area contributed by atoms with Crippen molar-refractivity contribution >= 4 is 0 Å². The number of hydrogen-bond donors (Lipinski definition) is 1. The highest BCUT2D eigenvalue weighted by atomic mass is 15.3. The third-order valence-electron chi connectivity index (χ3n) is 3.16. The van der Waals surface area contributed by atoms with Crippen LogP contribution >= 0.6 is 0 Å². The van der Waals surface area contributed by atoms with Crippen LogP contribution in [0.15, 0.2) is 12.4 Å². The Labute approximate surface area is 85.3 Å². The molecule has 1 aromatic rings. The molecule has 0 spiro atoms. The van der Waals surface area contributed by atoms with Gasteiger partial charge in [-0.3, -0.25) is 4.68 Å². The van der Waals surface area contributed by atoms with E-state index in [1.165, 1.54) is 24.8 Å². The minimum absolute atomic E-state index is 0.402. The largest absolute Gasteiger partial charge is 0.328 e. The first-order chi connectivity index (χ1) is 6.79. The number of aromatic nitrogens is 2. The van der Waals surface area contributed by atoms with E-state index in [1.807, 2.05) is 10.9 Å². The van der Waals surface area contributed by atoms with Crippen molar-refractivity contribution in [3.63, 3.8) is 0 Å². The molecule has 3 heteroatoms. The Morgan fingerprint density at radius 3 is 3.07 bits per heavy atom. The van der Waals surface area contributed by atoms with Crippen molar-refractivity contribution in [2.75, 3.05) is 0 Å². The van der Waals surface area contributed by atoms with E-state index in [9.17, 15) is 0 Å². The summed E-state index contributed by atoms with van der Waals surface area (Å²) in [7, 11) is 0. The first kappa shape index (κ1) is 9.71. The topological polar surface area (TPSA) is 43.8 Å². The monoisotopic (exact) mass is 193 g/mol. The fraction of sp³-hybridized carbons (Fsp3) is 0.727. The van der Waals surface area contributed by atoms with Gasteiger partial charge in [0.1, 0.15) is 0 Å². The number of nitrogens with two attached hydrogens (primary N) is 1. The quantitative estimate of drug-likeness (QED) is 0.779. The molecule has 14 heavy (non-hydrogen) atoms. The molecule has 3 nitrogen and oxygen atoms in total. The summed E-state index contributed by atoms with van der Waals surface area (Å²) in [6.07, 6.45) is 9.05. The van der Waals surface area contributed by atoms with Crippen LogP contribution in [0, 0.1) is 0 Å². The Morgan fingerprint density at radius 2 is 2.43 bits per heavy atom. The fourth-order valence-corrected chi connectivity index (χ4v) is 2.29. The van der Waals surface area contributed by atoms with Crippen LogP contribution in [0.25, 0.3) is 0 Å². The number of rotatable bonds is 2. The predicted molar refractivity (Wildman–Crippen MR) is 57.1 cm³/mol. The molecule has 0 saturated heterocycles. The van der Waals surface area contributed by atoms with Crippen molar-refractivity contribution in [3.05, 3.63) is 18.0 Å². The van der Waals surface area contributed by atoms with Crippen molar-refractivity contribution in [3.8, 4) is 0 Å². The summed E-state index contributed by atoms with van der Waals surface area (Å²) in [6, 6.07) is 0.402. The van der Waals surface area contributed by atoms with Crippen molar-refractivity contribution < 1.29 is 0 Å².